The molecule has 0 aliphatic carbocycles. The average molecular weight is 241 g/mol. The molecular formula is C15H15NO2. The molecule has 2 rings (SSSR count). The summed E-state index contributed by atoms with van der Waals surface area (Å²) >= 11 is 0. The number of hydrogen-bond donors (Lipinski definition) is 2. The van der Waals surface area contributed by atoms with Crippen molar-refractivity contribution in [2.75, 3.05) is 5.32 Å². The van der Waals surface area contributed by atoms with E-state index in [-0.39, 0.29) is 11.5 Å². The minimum Gasteiger partial charge on any atom is -0.508 e. The summed E-state index contributed by atoms with van der Waals surface area (Å²) in [6.45, 7) is 3.47. The molecule has 0 fully saturated rings. The third kappa shape index (κ3) is 2.69. The van der Waals surface area contributed by atoms with Crippen molar-refractivity contribution in [3.8, 4) is 5.75 Å². The van der Waals surface area contributed by atoms with Gasteiger partial charge >= 0.3 is 0 Å². The van der Waals surface area contributed by atoms with Crippen LogP contribution >= 0.6 is 0 Å². The van der Waals surface area contributed by atoms with E-state index in [1.165, 1.54) is 0 Å². The predicted octanol–water partition coefficient (Wildman–Crippen LogP) is 3.65. The molecule has 92 valence electrons. The van der Waals surface area contributed by atoms with E-state index < -0.39 is 0 Å². The molecule has 2 N–H and O–H groups in total. The van der Waals surface area contributed by atoms with E-state index in [1.807, 2.05) is 25.1 Å². The summed E-state index contributed by atoms with van der Waals surface area (Å²) in [5, 5.41) is 12.6. The van der Waals surface area contributed by atoms with E-state index in [2.05, 4.69) is 5.32 Å². The standard InChI is InChI=1S/C15H15NO2/c1-10-9-14(18)7-8-15(10)16-13-5-3-12(4-6-13)11(2)17/h3-9,16,18H,1-2H3. The van der Waals surface area contributed by atoms with Gasteiger partial charge in [-0.15, -0.1) is 0 Å². The fourth-order valence-electron chi connectivity index (χ4n) is 1.73. The molecule has 0 atom stereocenters. The van der Waals surface area contributed by atoms with Crippen molar-refractivity contribution < 1.29 is 9.90 Å². The normalized spacial score (nSPS) is 10.1. The van der Waals surface area contributed by atoms with Crippen molar-refractivity contribution in [3.63, 3.8) is 0 Å². The highest BCUT2D eigenvalue weighted by Crippen LogP contribution is 2.24. The van der Waals surface area contributed by atoms with Crippen LogP contribution in [-0.4, -0.2) is 10.9 Å². The Morgan fingerprint density at radius 1 is 1.11 bits per heavy atom. The Morgan fingerprint density at radius 2 is 1.78 bits per heavy atom. The SMILES string of the molecule is CC(=O)c1ccc(Nc2ccc(O)cc2C)cc1. The van der Waals surface area contributed by atoms with Crippen LogP contribution in [0.15, 0.2) is 42.5 Å². The van der Waals surface area contributed by atoms with Crippen molar-refractivity contribution in [1.82, 2.24) is 0 Å². The second-order valence-corrected chi connectivity index (χ2v) is 4.26. The Morgan fingerprint density at radius 3 is 2.33 bits per heavy atom. The van der Waals surface area contributed by atoms with Gasteiger partial charge in [0, 0.05) is 16.9 Å². The maximum atomic E-state index is 11.2. The van der Waals surface area contributed by atoms with Gasteiger partial charge in [-0.2, -0.15) is 0 Å². The maximum absolute atomic E-state index is 11.2. The molecule has 0 heterocycles. The number of aryl methyl sites for hydroxylation is 1. The summed E-state index contributed by atoms with van der Waals surface area (Å²) in [6, 6.07) is 12.5. The summed E-state index contributed by atoms with van der Waals surface area (Å²) < 4.78 is 0. The molecule has 18 heavy (non-hydrogen) atoms. The van der Waals surface area contributed by atoms with E-state index in [4.69, 9.17) is 0 Å². The van der Waals surface area contributed by atoms with E-state index in [9.17, 15) is 9.90 Å². The number of aromatic hydroxyl groups is 1. The van der Waals surface area contributed by atoms with E-state index >= 15 is 0 Å². The molecule has 0 radical (unpaired) electrons. The summed E-state index contributed by atoms with van der Waals surface area (Å²) in [5.74, 6) is 0.312. The first-order chi connectivity index (χ1) is 8.56. The average Bonchev–Trinajstić information content (AvgIpc) is 2.33. The molecule has 0 amide bonds. The van der Waals surface area contributed by atoms with Crippen molar-refractivity contribution >= 4 is 17.2 Å². The van der Waals surface area contributed by atoms with Crippen LogP contribution in [0.3, 0.4) is 0 Å². The Bertz CT molecular complexity index is 574. The Kier molecular flexibility index (Phi) is 3.33. The smallest absolute Gasteiger partial charge is 0.159 e. The minimum absolute atomic E-state index is 0.0577. The molecule has 0 spiro atoms. The molecule has 2 aromatic carbocycles. The van der Waals surface area contributed by atoms with Crippen LogP contribution in [0.1, 0.15) is 22.8 Å². The van der Waals surface area contributed by atoms with Gasteiger partial charge in [-0.1, -0.05) is 0 Å². The number of phenols is 1. The third-order valence-corrected chi connectivity index (χ3v) is 2.78. The highest BCUT2D eigenvalue weighted by atomic mass is 16.3. The first kappa shape index (κ1) is 12.2. The summed E-state index contributed by atoms with van der Waals surface area (Å²) in [6.07, 6.45) is 0. The highest BCUT2D eigenvalue weighted by Gasteiger charge is 2.02. The number of rotatable bonds is 3. The first-order valence-electron chi connectivity index (χ1n) is 5.74. The van der Waals surface area contributed by atoms with Crippen LogP contribution in [-0.2, 0) is 0 Å². The number of nitrogens with one attached hydrogen (secondary N) is 1. The number of anilines is 2. The lowest BCUT2D eigenvalue weighted by Crippen LogP contribution is -1.95. The fraction of sp³-hybridized carbons (Fsp3) is 0.133. The summed E-state index contributed by atoms with van der Waals surface area (Å²) in [4.78, 5) is 11.2. The number of ketones is 1. The van der Waals surface area contributed by atoms with Crippen molar-refractivity contribution in [2.45, 2.75) is 13.8 Å². The summed E-state index contributed by atoms with van der Waals surface area (Å²) in [5.41, 5.74) is 3.51. The van der Waals surface area contributed by atoms with Gasteiger partial charge in [0.15, 0.2) is 5.78 Å². The van der Waals surface area contributed by atoms with Gasteiger partial charge in [0.25, 0.3) is 0 Å². The molecule has 3 heteroatoms. The molecule has 0 unspecified atom stereocenters. The van der Waals surface area contributed by atoms with Crippen molar-refractivity contribution in [2.24, 2.45) is 0 Å². The highest BCUT2D eigenvalue weighted by molar-refractivity contribution is 5.94. The number of carbonyl (C=O) groups excluding carboxylic acids is 1. The number of benzene rings is 2. The number of hydrogen-bond acceptors (Lipinski definition) is 3. The number of carbonyl (C=O) groups is 1. The number of Topliss-reactive ketones (excluding diaryl/α,β-unsaturated/α-hetero) is 1. The van der Waals surface area contributed by atoms with Gasteiger partial charge < -0.3 is 10.4 Å². The van der Waals surface area contributed by atoms with Crippen LogP contribution in [0.5, 0.6) is 5.75 Å². The van der Waals surface area contributed by atoms with Crippen LogP contribution < -0.4 is 5.32 Å². The lowest BCUT2D eigenvalue weighted by molar-refractivity contribution is 0.101. The van der Waals surface area contributed by atoms with Gasteiger partial charge in [-0.05, 0) is 61.9 Å². The molecule has 3 nitrogen and oxygen atoms in total. The van der Waals surface area contributed by atoms with Gasteiger partial charge in [0.2, 0.25) is 0 Å². The topological polar surface area (TPSA) is 49.3 Å². The second-order valence-electron chi connectivity index (χ2n) is 4.26. The zero-order chi connectivity index (χ0) is 13.1. The van der Waals surface area contributed by atoms with Gasteiger partial charge in [0.05, 0.1) is 0 Å². The first-order valence-corrected chi connectivity index (χ1v) is 5.74. The van der Waals surface area contributed by atoms with Gasteiger partial charge in [0.1, 0.15) is 5.75 Å². The van der Waals surface area contributed by atoms with Crippen LogP contribution in [0, 0.1) is 6.92 Å². The van der Waals surface area contributed by atoms with Crippen LogP contribution in [0.4, 0.5) is 11.4 Å². The van der Waals surface area contributed by atoms with Gasteiger partial charge in [-0.25, -0.2) is 0 Å². The molecule has 0 aliphatic rings. The predicted molar refractivity (Wildman–Crippen MR) is 72.6 cm³/mol. The zero-order valence-electron chi connectivity index (χ0n) is 10.4. The van der Waals surface area contributed by atoms with Crippen LogP contribution in [0.25, 0.3) is 0 Å². The van der Waals surface area contributed by atoms with E-state index in [0.717, 1.165) is 16.9 Å². The fourth-order valence-corrected chi connectivity index (χ4v) is 1.73. The lowest BCUT2D eigenvalue weighted by atomic mass is 10.1. The molecule has 0 saturated carbocycles. The molecule has 0 aliphatic heterocycles. The minimum atomic E-state index is 0.0577. The molecule has 2 aromatic rings. The molecule has 0 saturated heterocycles. The quantitative estimate of drug-likeness (QED) is 0.637. The lowest BCUT2D eigenvalue weighted by Gasteiger charge is -2.10. The van der Waals surface area contributed by atoms with Crippen molar-refractivity contribution in [3.05, 3.63) is 53.6 Å². The van der Waals surface area contributed by atoms with Crippen LogP contribution in [0.2, 0.25) is 0 Å². The van der Waals surface area contributed by atoms with E-state index in [0.29, 0.717) is 5.56 Å². The van der Waals surface area contributed by atoms with E-state index in [1.54, 1.807) is 31.2 Å². The molecule has 0 aromatic heterocycles. The third-order valence-electron chi connectivity index (χ3n) is 2.78. The molecular weight excluding hydrogens is 226 g/mol. The van der Waals surface area contributed by atoms with Gasteiger partial charge in [-0.3, -0.25) is 4.79 Å². The monoisotopic (exact) mass is 241 g/mol. The Balaban J connectivity index is 2.21. The zero-order valence-corrected chi connectivity index (χ0v) is 10.4. The Hall–Kier alpha value is -2.29. The maximum Gasteiger partial charge on any atom is 0.159 e. The van der Waals surface area contributed by atoms with Crippen molar-refractivity contribution in [1.29, 1.82) is 0 Å². The second kappa shape index (κ2) is 4.92. The molecule has 0 bridgehead atoms. The Labute approximate surface area is 106 Å². The largest absolute Gasteiger partial charge is 0.508 e. The number of phenolic OH excluding ortho intramolecular Hbond substituents is 1. The summed E-state index contributed by atoms with van der Waals surface area (Å²) in [7, 11) is 0.